The Bertz CT molecular complexity index is 1120. The Labute approximate surface area is 189 Å². The molecule has 1 amide bonds. The molecule has 4 rings (SSSR count). The van der Waals surface area contributed by atoms with Crippen LogP contribution in [0.5, 0.6) is 0 Å². The highest BCUT2D eigenvalue weighted by Gasteiger charge is 2.29. The molecule has 1 aliphatic rings. The Morgan fingerprint density at radius 1 is 0.875 bits per heavy atom. The van der Waals surface area contributed by atoms with Crippen molar-refractivity contribution in [1.29, 1.82) is 0 Å². The van der Waals surface area contributed by atoms with Crippen LogP contribution in [0.4, 0.5) is 0 Å². The number of amides is 1. The third kappa shape index (κ3) is 4.79. The molecule has 3 N–H and O–H groups in total. The molecule has 5 heteroatoms. The molecule has 0 bridgehead atoms. The number of benzene rings is 2. The molecular formula is C27H28N4O. The Kier molecular flexibility index (Phi) is 6.47. The number of nitrogens with zero attached hydrogens (tertiary/aromatic N) is 1. The van der Waals surface area contributed by atoms with Gasteiger partial charge >= 0.3 is 0 Å². The highest BCUT2D eigenvalue weighted by atomic mass is 16.1. The number of nitrogens with one attached hydrogen (secondary N) is 3. The van der Waals surface area contributed by atoms with Crippen molar-refractivity contribution in [3.8, 4) is 0 Å². The number of carbonyl (C=O) groups is 1. The van der Waals surface area contributed by atoms with Gasteiger partial charge in [-0.15, -0.1) is 0 Å². The number of hydrogen-bond acceptors (Lipinski definition) is 4. The van der Waals surface area contributed by atoms with Crippen molar-refractivity contribution in [3.05, 3.63) is 114 Å². The lowest BCUT2D eigenvalue weighted by atomic mass is 9.95. The molecule has 162 valence electrons. The van der Waals surface area contributed by atoms with Crippen LogP contribution in [-0.4, -0.2) is 36.1 Å². The maximum atomic E-state index is 12.9. The second kappa shape index (κ2) is 9.62. The van der Waals surface area contributed by atoms with E-state index in [1.807, 2.05) is 48.5 Å². The summed E-state index contributed by atoms with van der Waals surface area (Å²) in [6.07, 6.45) is 3.48. The molecule has 0 aliphatic carbocycles. The lowest BCUT2D eigenvalue weighted by molar-refractivity contribution is 0.0936. The highest BCUT2D eigenvalue weighted by Crippen LogP contribution is 2.24. The summed E-state index contributed by atoms with van der Waals surface area (Å²) in [5.74, 6) is -0.0897. The summed E-state index contributed by atoms with van der Waals surface area (Å²) in [5.41, 5.74) is 6.69. The lowest BCUT2D eigenvalue weighted by Crippen LogP contribution is -2.48. The SMILES string of the molecule is C=C(N[C@@H]1CNC[C@H]1NC(=O)c1ccc(C(=C)c2ccccc2C)cc1)c1ccncc1. The van der Waals surface area contributed by atoms with Gasteiger partial charge in [-0.05, 0) is 53.5 Å². The third-order valence-electron chi connectivity index (χ3n) is 5.88. The third-order valence-corrected chi connectivity index (χ3v) is 5.88. The van der Waals surface area contributed by atoms with E-state index >= 15 is 0 Å². The van der Waals surface area contributed by atoms with Gasteiger partial charge in [-0.1, -0.05) is 49.6 Å². The van der Waals surface area contributed by atoms with Crippen molar-refractivity contribution in [2.75, 3.05) is 13.1 Å². The molecule has 3 aromatic rings. The average Bonchev–Trinajstić information content (AvgIpc) is 3.26. The lowest BCUT2D eigenvalue weighted by Gasteiger charge is -2.23. The average molecular weight is 425 g/mol. The Morgan fingerprint density at radius 2 is 1.50 bits per heavy atom. The normalized spacial score (nSPS) is 17.5. The molecule has 2 atom stereocenters. The first-order valence-corrected chi connectivity index (χ1v) is 10.8. The van der Waals surface area contributed by atoms with Gasteiger partial charge in [-0.2, -0.15) is 0 Å². The molecule has 1 aliphatic heterocycles. The van der Waals surface area contributed by atoms with Gasteiger partial charge in [-0.25, -0.2) is 0 Å². The van der Waals surface area contributed by atoms with E-state index in [1.165, 1.54) is 5.56 Å². The van der Waals surface area contributed by atoms with Gasteiger partial charge in [-0.3, -0.25) is 9.78 Å². The molecule has 0 unspecified atom stereocenters. The Morgan fingerprint density at radius 3 is 2.19 bits per heavy atom. The molecule has 1 saturated heterocycles. The van der Waals surface area contributed by atoms with Crippen LogP contribution >= 0.6 is 0 Å². The smallest absolute Gasteiger partial charge is 0.251 e. The number of pyridine rings is 1. The van der Waals surface area contributed by atoms with Gasteiger partial charge in [0.15, 0.2) is 0 Å². The summed E-state index contributed by atoms with van der Waals surface area (Å²) in [6, 6.07) is 19.6. The van der Waals surface area contributed by atoms with Crippen LogP contribution in [-0.2, 0) is 0 Å². The summed E-state index contributed by atoms with van der Waals surface area (Å²) in [7, 11) is 0. The molecular weight excluding hydrogens is 396 g/mol. The van der Waals surface area contributed by atoms with Crippen LogP contribution < -0.4 is 16.0 Å². The molecule has 2 heterocycles. The summed E-state index contributed by atoms with van der Waals surface area (Å²) < 4.78 is 0. The van der Waals surface area contributed by atoms with E-state index in [0.717, 1.165) is 34.5 Å². The van der Waals surface area contributed by atoms with E-state index in [-0.39, 0.29) is 18.0 Å². The topological polar surface area (TPSA) is 66.0 Å². The van der Waals surface area contributed by atoms with E-state index < -0.39 is 0 Å². The second-order valence-corrected chi connectivity index (χ2v) is 8.07. The van der Waals surface area contributed by atoms with Gasteiger partial charge in [0, 0.05) is 42.3 Å². The van der Waals surface area contributed by atoms with Gasteiger partial charge in [0.25, 0.3) is 5.91 Å². The van der Waals surface area contributed by atoms with Gasteiger partial charge in [0.2, 0.25) is 0 Å². The first-order chi connectivity index (χ1) is 15.5. The molecule has 0 saturated carbocycles. The standard InChI is InChI=1S/C27H28N4O/c1-18-6-4-5-7-24(18)19(2)21-8-10-23(11-9-21)27(32)31-26-17-29-16-25(26)30-20(3)22-12-14-28-15-13-22/h4-15,25-26,29-30H,2-3,16-17H2,1H3,(H,31,32)/t25-,26-/m1/s1. The minimum absolute atomic E-state index is 0.0392. The maximum absolute atomic E-state index is 12.9. The summed E-state index contributed by atoms with van der Waals surface area (Å²) in [4.78, 5) is 16.9. The van der Waals surface area contributed by atoms with Gasteiger partial charge < -0.3 is 16.0 Å². The Balaban J connectivity index is 1.39. The van der Waals surface area contributed by atoms with Crippen molar-refractivity contribution in [1.82, 2.24) is 20.9 Å². The van der Waals surface area contributed by atoms with E-state index in [9.17, 15) is 4.79 Å². The Hall–Kier alpha value is -3.70. The maximum Gasteiger partial charge on any atom is 0.251 e. The number of hydrogen-bond donors (Lipinski definition) is 3. The first-order valence-electron chi connectivity index (χ1n) is 10.8. The molecule has 1 fully saturated rings. The molecule has 1 aromatic heterocycles. The quantitative estimate of drug-likeness (QED) is 0.540. The van der Waals surface area contributed by atoms with Gasteiger partial charge in [0.1, 0.15) is 0 Å². The van der Waals surface area contributed by atoms with Crippen LogP contribution in [0, 0.1) is 6.92 Å². The summed E-state index contributed by atoms with van der Waals surface area (Å²) in [6.45, 7) is 11.9. The molecule has 0 radical (unpaired) electrons. The minimum Gasteiger partial charge on any atom is -0.379 e. The fourth-order valence-electron chi connectivity index (χ4n) is 3.98. The van der Waals surface area contributed by atoms with Gasteiger partial charge in [0.05, 0.1) is 12.1 Å². The van der Waals surface area contributed by atoms with Crippen LogP contribution in [0.15, 0.2) is 86.2 Å². The van der Waals surface area contributed by atoms with Crippen molar-refractivity contribution in [2.45, 2.75) is 19.0 Å². The molecule has 5 nitrogen and oxygen atoms in total. The van der Waals surface area contributed by atoms with Crippen molar-refractivity contribution >= 4 is 17.2 Å². The molecule has 2 aromatic carbocycles. The van der Waals surface area contributed by atoms with Crippen LogP contribution in [0.2, 0.25) is 0 Å². The minimum atomic E-state index is -0.0897. The molecule has 32 heavy (non-hydrogen) atoms. The number of aromatic nitrogens is 1. The number of aryl methyl sites for hydroxylation is 1. The zero-order valence-electron chi connectivity index (χ0n) is 18.3. The monoisotopic (exact) mass is 424 g/mol. The number of carbonyl (C=O) groups excluding carboxylic acids is 1. The fourth-order valence-corrected chi connectivity index (χ4v) is 3.98. The first kappa shape index (κ1) is 21.5. The van der Waals surface area contributed by atoms with E-state index in [4.69, 9.17) is 0 Å². The van der Waals surface area contributed by atoms with E-state index in [2.05, 4.69) is 53.1 Å². The zero-order chi connectivity index (χ0) is 22.5. The van der Waals surface area contributed by atoms with Crippen molar-refractivity contribution in [2.24, 2.45) is 0 Å². The predicted molar refractivity (Wildman–Crippen MR) is 130 cm³/mol. The van der Waals surface area contributed by atoms with E-state index in [0.29, 0.717) is 12.1 Å². The largest absolute Gasteiger partial charge is 0.379 e. The van der Waals surface area contributed by atoms with Crippen LogP contribution in [0.3, 0.4) is 0 Å². The van der Waals surface area contributed by atoms with Crippen LogP contribution in [0.1, 0.15) is 32.6 Å². The van der Waals surface area contributed by atoms with Crippen molar-refractivity contribution < 1.29 is 4.79 Å². The van der Waals surface area contributed by atoms with E-state index in [1.54, 1.807) is 12.4 Å². The predicted octanol–water partition coefficient (Wildman–Crippen LogP) is 3.78. The second-order valence-electron chi connectivity index (χ2n) is 8.07. The highest BCUT2D eigenvalue weighted by molar-refractivity contribution is 5.95. The van der Waals surface area contributed by atoms with Crippen molar-refractivity contribution in [3.63, 3.8) is 0 Å². The molecule has 0 spiro atoms. The zero-order valence-corrected chi connectivity index (χ0v) is 18.3. The fraction of sp³-hybridized carbons (Fsp3) is 0.185. The number of rotatable bonds is 7. The summed E-state index contributed by atoms with van der Waals surface area (Å²) in [5, 5.41) is 9.93. The summed E-state index contributed by atoms with van der Waals surface area (Å²) >= 11 is 0. The van der Waals surface area contributed by atoms with Crippen LogP contribution in [0.25, 0.3) is 11.3 Å².